The molecule has 2 saturated carbocycles. The topological polar surface area (TPSA) is 20.3 Å². The minimum atomic E-state index is 0.290. The standard InChI is InChI=1S/C16H27NO/c18-16-11-3-1-2-10-15(16)17-12-6-8-13-7-4-5-9-14(13)17/h13-15H,1-12H2/t13-,14-,15?/m1/s1. The SMILES string of the molecule is O=C1CCCCCC1N1CCC[C@H]2CCCC[C@H]21. The van der Waals surface area contributed by atoms with Gasteiger partial charge in [0.25, 0.3) is 0 Å². The molecule has 18 heavy (non-hydrogen) atoms. The zero-order valence-corrected chi connectivity index (χ0v) is 11.6. The second-order valence-corrected chi connectivity index (χ2v) is 6.57. The number of carbonyl (C=O) groups is 1. The number of Topliss-reactive ketones (excluding diaryl/α,β-unsaturated/α-hetero) is 1. The Morgan fingerprint density at radius 1 is 0.833 bits per heavy atom. The first kappa shape index (κ1) is 12.7. The van der Waals surface area contributed by atoms with Crippen LogP contribution < -0.4 is 0 Å². The Labute approximate surface area is 111 Å². The van der Waals surface area contributed by atoms with Crippen LogP contribution in [0.4, 0.5) is 0 Å². The molecule has 1 saturated heterocycles. The lowest BCUT2D eigenvalue weighted by Crippen LogP contribution is -2.53. The van der Waals surface area contributed by atoms with E-state index in [1.54, 1.807) is 0 Å². The van der Waals surface area contributed by atoms with Gasteiger partial charge in [-0.15, -0.1) is 0 Å². The van der Waals surface area contributed by atoms with Crippen LogP contribution in [0.5, 0.6) is 0 Å². The first-order valence-electron chi connectivity index (χ1n) is 8.15. The van der Waals surface area contributed by atoms with E-state index >= 15 is 0 Å². The number of hydrogen-bond acceptors (Lipinski definition) is 2. The predicted molar refractivity (Wildman–Crippen MR) is 73.6 cm³/mol. The van der Waals surface area contributed by atoms with Crippen molar-refractivity contribution in [3.05, 3.63) is 0 Å². The van der Waals surface area contributed by atoms with E-state index in [1.807, 2.05) is 0 Å². The molecule has 3 aliphatic rings. The lowest BCUT2D eigenvalue weighted by Gasteiger charge is -2.47. The lowest BCUT2D eigenvalue weighted by molar-refractivity contribution is -0.127. The molecule has 0 aromatic carbocycles. The summed E-state index contributed by atoms with van der Waals surface area (Å²) in [6.45, 7) is 1.19. The Hall–Kier alpha value is -0.370. The molecule has 0 aromatic rings. The summed E-state index contributed by atoms with van der Waals surface area (Å²) in [7, 11) is 0. The van der Waals surface area contributed by atoms with Gasteiger partial charge in [0.1, 0.15) is 5.78 Å². The summed E-state index contributed by atoms with van der Waals surface area (Å²) < 4.78 is 0. The lowest BCUT2D eigenvalue weighted by atomic mass is 9.77. The maximum absolute atomic E-state index is 12.3. The first-order chi connectivity index (χ1) is 8.86. The van der Waals surface area contributed by atoms with Crippen LogP contribution in [-0.2, 0) is 4.79 Å². The van der Waals surface area contributed by atoms with Crippen molar-refractivity contribution in [2.24, 2.45) is 5.92 Å². The summed E-state index contributed by atoms with van der Waals surface area (Å²) in [6.07, 6.45) is 14.0. The van der Waals surface area contributed by atoms with Crippen LogP contribution in [0.15, 0.2) is 0 Å². The molecule has 2 aliphatic carbocycles. The molecule has 0 aromatic heterocycles. The number of ketones is 1. The highest BCUT2D eigenvalue weighted by molar-refractivity contribution is 5.84. The smallest absolute Gasteiger partial charge is 0.149 e. The Kier molecular flexibility index (Phi) is 4.03. The Bertz CT molecular complexity index is 299. The minimum absolute atomic E-state index is 0.290. The maximum Gasteiger partial charge on any atom is 0.149 e. The number of fused-ring (bicyclic) bond motifs is 1. The van der Waals surface area contributed by atoms with Gasteiger partial charge in [-0.2, -0.15) is 0 Å². The van der Waals surface area contributed by atoms with Crippen LogP contribution in [0.25, 0.3) is 0 Å². The zero-order valence-electron chi connectivity index (χ0n) is 11.6. The molecular formula is C16H27NO. The predicted octanol–water partition coefficient (Wildman–Crippen LogP) is 3.54. The fourth-order valence-electron chi connectivity index (χ4n) is 4.54. The minimum Gasteiger partial charge on any atom is -0.298 e. The summed E-state index contributed by atoms with van der Waals surface area (Å²) in [5, 5.41) is 0. The molecule has 1 unspecified atom stereocenters. The largest absolute Gasteiger partial charge is 0.298 e. The number of likely N-dealkylation sites (tertiary alicyclic amines) is 1. The molecular weight excluding hydrogens is 222 g/mol. The Morgan fingerprint density at radius 3 is 2.56 bits per heavy atom. The van der Waals surface area contributed by atoms with Crippen LogP contribution in [-0.4, -0.2) is 29.3 Å². The van der Waals surface area contributed by atoms with E-state index in [9.17, 15) is 4.79 Å². The Balaban J connectivity index is 1.74. The van der Waals surface area contributed by atoms with Gasteiger partial charge in [-0.25, -0.2) is 0 Å². The zero-order chi connectivity index (χ0) is 12.4. The van der Waals surface area contributed by atoms with Gasteiger partial charge < -0.3 is 0 Å². The van der Waals surface area contributed by atoms with Gasteiger partial charge in [0.15, 0.2) is 0 Å². The van der Waals surface area contributed by atoms with E-state index in [2.05, 4.69) is 4.90 Å². The van der Waals surface area contributed by atoms with Gasteiger partial charge in [0.05, 0.1) is 6.04 Å². The van der Waals surface area contributed by atoms with Crippen molar-refractivity contribution in [1.29, 1.82) is 0 Å². The average Bonchev–Trinajstić information content (AvgIpc) is 2.63. The van der Waals surface area contributed by atoms with Crippen LogP contribution in [0.1, 0.15) is 70.6 Å². The van der Waals surface area contributed by atoms with E-state index in [0.717, 1.165) is 31.2 Å². The molecule has 3 rings (SSSR count). The van der Waals surface area contributed by atoms with Crippen molar-refractivity contribution in [2.45, 2.75) is 82.7 Å². The second-order valence-electron chi connectivity index (χ2n) is 6.57. The molecule has 0 N–H and O–H groups in total. The van der Waals surface area contributed by atoms with Crippen molar-refractivity contribution in [3.63, 3.8) is 0 Å². The van der Waals surface area contributed by atoms with Crippen molar-refractivity contribution in [2.75, 3.05) is 6.54 Å². The molecule has 3 atom stereocenters. The molecule has 0 radical (unpaired) electrons. The number of nitrogens with zero attached hydrogens (tertiary/aromatic N) is 1. The van der Waals surface area contributed by atoms with Crippen LogP contribution in [0, 0.1) is 5.92 Å². The van der Waals surface area contributed by atoms with Crippen molar-refractivity contribution in [1.82, 2.24) is 4.90 Å². The van der Waals surface area contributed by atoms with Gasteiger partial charge in [-0.3, -0.25) is 9.69 Å². The number of rotatable bonds is 1. The highest BCUT2D eigenvalue weighted by Crippen LogP contribution is 2.37. The molecule has 0 amide bonds. The molecule has 0 bridgehead atoms. The molecule has 1 aliphatic heterocycles. The third kappa shape index (κ3) is 2.49. The molecule has 102 valence electrons. The van der Waals surface area contributed by atoms with E-state index in [4.69, 9.17) is 0 Å². The average molecular weight is 249 g/mol. The third-order valence-electron chi connectivity index (χ3n) is 5.46. The van der Waals surface area contributed by atoms with Crippen molar-refractivity contribution in [3.8, 4) is 0 Å². The van der Waals surface area contributed by atoms with Crippen molar-refractivity contribution < 1.29 is 4.79 Å². The number of hydrogen-bond donors (Lipinski definition) is 0. The summed E-state index contributed by atoms with van der Waals surface area (Å²) >= 11 is 0. The third-order valence-corrected chi connectivity index (χ3v) is 5.46. The summed E-state index contributed by atoms with van der Waals surface area (Å²) in [5.74, 6) is 1.46. The summed E-state index contributed by atoms with van der Waals surface area (Å²) in [6, 6.07) is 1.04. The van der Waals surface area contributed by atoms with Gasteiger partial charge in [-0.05, 0) is 51.0 Å². The second kappa shape index (κ2) is 5.73. The summed E-state index contributed by atoms with van der Waals surface area (Å²) in [5.41, 5.74) is 0. The molecule has 1 heterocycles. The Morgan fingerprint density at radius 2 is 1.61 bits per heavy atom. The normalized spacial score (nSPS) is 39.1. The molecule has 2 heteroatoms. The highest BCUT2D eigenvalue weighted by atomic mass is 16.1. The quantitative estimate of drug-likeness (QED) is 0.662. The number of carbonyl (C=O) groups excluding carboxylic acids is 1. The highest BCUT2D eigenvalue weighted by Gasteiger charge is 2.38. The van der Waals surface area contributed by atoms with Crippen molar-refractivity contribution >= 4 is 5.78 Å². The van der Waals surface area contributed by atoms with Crippen LogP contribution >= 0.6 is 0 Å². The number of piperidine rings is 1. The van der Waals surface area contributed by atoms with Gasteiger partial charge in [0.2, 0.25) is 0 Å². The molecule has 3 fully saturated rings. The van der Waals surface area contributed by atoms with Crippen LogP contribution in [0.2, 0.25) is 0 Å². The summed E-state index contributed by atoms with van der Waals surface area (Å²) in [4.78, 5) is 15.0. The van der Waals surface area contributed by atoms with E-state index in [0.29, 0.717) is 11.8 Å². The van der Waals surface area contributed by atoms with E-state index < -0.39 is 0 Å². The fraction of sp³-hybridized carbons (Fsp3) is 0.938. The molecule has 0 spiro atoms. The fourth-order valence-corrected chi connectivity index (χ4v) is 4.54. The van der Waals surface area contributed by atoms with E-state index in [1.165, 1.54) is 57.9 Å². The maximum atomic E-state index is 12.3. The van der Waals surface area contributed by atoms with Crippen LogP contribution in [0.3, 0.4) is 0 Å². The van der Waals surface area contributed by atoms with E-state index in [-0.39, 0.29) is 0 Å². The van der Waals surface area contributed by atoms with Gasteiger partial charge in [-0.1, -0.05) is 25.7 Å². The van der Waals surface area contributed by atoms with Gasteiger partial charge >= 0.3 is 0 Å². The van der Waals surface area contributed by atoms with Gasteiger partial charge in [0, 0.05) is 12.5 Å². The monoisotopic (exact) mass is 249 g/mol. The first-order valence-corrected chi connectivity index (χ1v) is 8.15. The molecule has 2 nitrogen and oxygen atoms in total.